The van der Waals surface area contributed by atoms with E-state index in [1.807, 2.05) is 12.1 Å². The van der Waals surface area contributed by atoms with E-state index in [4.69, 9.17) is 4.74 Å². The first-order valence-corrected chi connectivity index (χ1v) is 10.4. The van der Waals surface area contributed by atoms with E-state index >= 15 is 0 Å². The van der Waals surface area contributed by atoms with E-state index in [0.717, 1.165) is 18.3 Å². The van der Waals surface area contributed by atoms with Crippen LogP contribution in [0.1, 0.15) is 16.7 Å². The average Bonchev–Trinajstić information content (AvgIpc) is 2.65. The number of nitriles is 1. The van der Waals surface area contributed by atoms with Crippen LogP contribution < -0.4 is 4.74 Å². The third kappa shape index (κ3) is 5.29. The van der Waals surface area contributed by atoms with Crippen LogP contribution in [-0.2, 0) is 6.61 Å². The zero-order valence-electron chi connectivity index (χ0n) is 14.4. The maximum absolute atomic E-state index is 13.5. The molecule has 0 radical (unpaired) electrons. The Labute approximate surface area is 189 Å². The van der Waals surface area contributed by atoms with Crippen LogP contribution in [0.4, 0.5) is 8.78 Å². The van der Waals surface area contributed by atoms with Gasteiger partial charge >= 0.3 is 0 Å². The topological polar surface area (TPSA) is 33.0 Å². The molecule has 3 aromatic rings. The van der Waals surface area contributed by atoms with Crippen LogP contribution in [-0.4, -0.2) is 0 Å². The number of nitrogens with zero attached hydrogens (tertiary/aromatic N) is 1. The van der Waals surface area contributed by atoms with Gasteiger partial charge in [0.15, 0.2) is 0 Å². The third-order valence-corrected chi connectivity index (χ3v) is 5.46. The average molecular weight is 599 g/mol. The normalized spacial score (nSPS) is 11.2. The van der Waals surface area contributed by atoms with Gasteiger partial charge in [0.25, 0.3) is 0 Å². The van der Waals surface area contributed by atoms with E-state index in [0.29, 0.717) is 16.9 Å². The van der Waals surface area contributed by atoms with Crippen LogP contribution in [0.5, 0.6) is 5.75 Å². The van der Waals surface area contributed by atoms with Gasteiger partial charge in [-0.05, 0) is 104 Å². The van der Waals surface area contributed by atoms with E-state index in [1.165, 1.54) is 24.3 Å². The highest BCUT2D eigenvalue weighted by Crippen LogP contribution is 2.31. The number of hydrogen-bond donors (Lipinski definition) is 0. The molecule has 2 nitrogen and oxygen atoms in total. The van der Waals surface area contributed by atoms with Crippen molar-refractivity contribution < 1.29 is 13.5 Å². The summed E-state index contributed by atoms with van der Waals surface area (Å²) in [4.78, 5) is 0. The van der Waals surface area contributed by atoms with Gasteiger partial charge < -0.3 is 4.74 Å². The van der Waals surface area contributed by atoms with Crippen molar-refractivity contribution in [3.05, 3.63) is 96.1 Å². The Morgan fingerprint density at radius 3 is 2.21 bits per heavy atom. The Hall–Kier alpha value is -1.99. The Kier molecular flexibility index (Phi) is 7.02. The van der Waals surface area contributed by atoms with Crippen LogP contribution >= 0.6 is 45.2 Å². The SMILES string of the molecule is N#C/C(=C/c1cc(I)c(OCc2cccc(F)c2)c(I)c1)c1cccc(F)c1. The molecule has 0 amide bonds. The fourth-order valence-electron chi connectivity index (χ4n) is 2.59. The zero-order valence-corrected chi connectivity index (χ0v) is 18.7. The predicted octanol–water partition coefficient (Wildman–Crippen LogP) is 6.82. The number of ether oxygens (including phenoxy) is 1. The minimum Gasteiger partial charge on any atom is -0.487 e. The van der Waals surface area contributed by atoms with E-state index in [-0.39, 0.29) is 18.2 Å². The molecule has 6 heteroatoms. The highest BCUT2D eigenvalue weighted by Gasteiger charge is 2.10. The summed E-state index contributed by atoms with van der Waals surface area (Å²) >= 11 is 4.33. The summed E-state index contributed by atoms with van der Waals surface area (Å²) in [6, 6.07) is 18.1. The zero-order chi connectivity index (χ0) is 20.1. The van der Waals surface area contributed by atoms with Crippen molar-refractivity contribution in [2.75, 3.05) is 0 Å². The number of hydrogen-bond acceptors (Lipinski definition) is 2. The van der Waals surface area contributed by atoms with E-state index in [9.17, 15) is 14.0 Å². The van der Waals surface area contributed by atoms with Gasteiger partial charge in [0.05, 0.1) is 18.8 Å². The molecule has 140 valence electrons. The Balaban J connectivity index is 1.86. The molecule has 0 unspecified atom stereocenters. The summed E-state index contributed by atoms with van der Waals surface area (Å²) in [7, 11) is 0. The molecule has 0 saturated carbocycles. The molecule has 0 spiro atoms. The Morgan fingerprint density at radius 2 is 1.61 bits per heavy atom. The molecule has 0 aliphatic heterocycles. The fraction of sp³-hybridized carbons (Fsp3) is 0.0455. The van der Waals surface area contributed by atoms with E-state index in [1.54, 1.807) is 30.3 Å². The molecular formula is C22H13F2I2NO. The molecule has 0 fully saturated rings. The van der Waals surface area contributed by atoms with Gasteiger partial charge in [-0.3, -0.25) is 0 Å². The first kappa shape index (κ1) is 20.7. The van der Waals surface area contributed by atoms with Gasteiger partial charge in [-0.25, -0.2) is 8.78 Å². The minimum absolute atomic E-state index is 0.256. The first-order chi connectivity index (χ1) is 13.5. The standard InChI is InChI=1S/C22H13F2I2NO/c23-18-5-1-3-14(8-18)13-28-22-20(25)9-15(10-21(22)26)7-17(12-27)16-4-2-6-19(24)11-16/h1-11H,13H2/b17-7-. The van der Waals surface area contributed by atoms with E-state index in [2.05, 4.69) is 51.3 Å². The molecule has 0 atom stereocenters. The number of halogens is 4. The number of allylic oxidation sites excluding steroid dienone is 1. The van der Waals surface area contributed by atoms with E-state index < -0.39 is 0 Å². The Bertz CT molecular complexity index is 1070. The van der Waals surface area contributed by atoms with Crippen LogP contribution in [0.3, 0.4) is 0 Å². The second-order valence-electron chi connectivity index (χ2n) is 5.91. The largest absolute Gasteiger partial charge is 0.487 e. The summed E-state index contributed by atoms with van der Waals surface area (Å²) in [5, 5.41) is 9.46. The molecule has 28 heavy (non-hydrogen) atoms. The van der Waals surface area contributed by atoms with Gasteiger partial charge in [-0.2, -0.15) is 5.26 Å². The van der Waals surface area contributed by atoms with Crippen molar-refractivity contribution in [1.29, 1.82) is 5.26 Å². The number of benzene rings is 3. The van der Waals surface area contributed by atoms with Crippen LogP contribution in [0.25, 0.3) is 11.6 Å². The lowest BCUT2D eigenvalue weighted by Crippen LogP contribution is -2.00. The summed E-state index contributed by atoms with van der Waals surface area (Å²) < 4.78 is 34.4. The lowest BCUT2D eigenvalue weighted by atomic mass is 10.0. The molecule has 0 saturated heterocycles. The lowest BCUT2D eigenvalue weighted by molar-refractivity contribution is 0.301. The highest BCUT2D eigenvalue weighted by molar-refractivity contribution is 14.1. The fourth-order valence-corrected chi connectivity index (χ4v) is 4.71. The van der Waals surface area contributed by atoms with Crippen molar-refractivity contribution in [3.8, 4) is 11.8 Å². The highest BCUT2D eigenvalue weighted by atomic mass is 127. The molecule has 3 rings (SSSR count). The summed E-state index contributed by atoms with van der Waals surface area (Å²) in [5.41, 5.74) is 2.46. The van der Waals surface area contributed by atoms with Gasteiger partial charge in [0.1, 0.15) is 24.0 Å². The second kappa shape index (κ2) is 9.47. The molecular weight excluding hydrogens is 586 g/mol. The summed E-state index contributed by atoms with van der Waals surface area (Å²) in [6.45, 7) is 0.256. The van der Waals surface area contributed by atoms with Crippen LogP contribution in [0.2, 0.25) is 0 Å². The minimum atomic E-state index is -0.385. The molecule has 0 heterocycles. The molecule has 0 N–H and O–H groups in total. The van der Waals surface area contributed by atoms with Crippen LogP contribution in [0.15, 0.2) is 60.7 Å². The molecule has 3 aromatic carbocycles. The van der Waals surface area contributed by atoms with Crippen molar-refractivity contribution in [2.24, 2.45) is 0 Å². The summed E-state index contributed by atoms with van der Waals surface area (Å²) in [6.07, 6.45) is 1.72. The molecule has 0 aromatic heterocycles. The Morgan fingerprint density at radius 1 is 0.964 bits per heavy atom. The van der Waals surface area contributed by atoms with Crippen molar-refractivity contribution in [1.82, 2.24) is 0 Å². The predicted molar refractivity (Wildman–Crippen MR) is 122 cm³/mol. The van der Waals surface area contributed by atoms with Crippen molar-refractivity contribution in [2.45, 2.75) is 6.61 Å². The van der Waals surface area contributed by atoms with Crippen molar-refractivity contribution >= 4 is 56.8 Å². The van der Waals surface area contributed by atoms with Gasteiger partial charge in [-0.1, -0.05) is 24.3 Å². The van der Waals surface area contributed by atoms with Crippen molar-refractivity contribution in [3.63, 3.8) is 0 Å². The summed E-state index contributed by atoms with van der Waals surface area (Å²) in [5.74, 6) is 0.0168. The molecule has 0 aliphatic carbocycles. The monoisotopic (exact) mass is 599 g/mol. The maximum Gasteiger partial charge on any atom is 0.146 e. The quantitative estimate of drug-likeness (QED) is 0.183. The lowest BCUT2D eigenvalue weighted by Gasteiger charge is -2.12. The third-order valence-electron chi connectivity index (χ3n) is 3.86. The van der Waals surface area contributed by atoms with Crippen LogP contribution in [0, 0.1) is 30.1 Å². The van der Waals surface area contributed by atoms with Gasteiger partial charge in [0, 0.05) is 0 Å². The van der Waals surface area contributed by atoms with Gasteiger partial charge in [0.2, 0.25) is 0 Å². The second-order valence-corrected chi connectivity index (χ2v) is 8.24. The molecule has 0 bridgehead atoms. The number of rotatable bonds is 5. The maximum atomic E-state index is 13.5. The first-order valence-electron chi connectivity index (χ1n) is 8.20. The van der Waals surface area contributed by atoms with Gasteiger partial charge in [-0.15, -0.1) is 0 Å². The smallest absolute Gasteiger partial charge is 0.146 e. The molecule has 0 aliphatic rings.